The number of aromatic nitrogens is 1. The van der Waals surface area contributed by atoms with Crippen molar-refractivity contribution in [2.45, 2.75) is 45.2 Å². The van der Waals surface area contributed by atoms with Crippen molar-refractivity contribution in [2.24, 2.45) is 0 Å². The molecule has 33 heavy (non-hydrogen) atoms. The number of alkyl halides is 1. The molecule has 0 atom stereocenters. The Bertz CT molecular complexity index is 1170. The van der Waals surface area contributed by atoms with Crippen LogP contribution in [0.1, 0.15) is 39.2 Å². The van der Waals surface area contributed by atoms with E-state index in [9.17, 15) is 18.0 Å². The predicted molar refractivity (Wildman–Crippen MR) is 123 cm³/mol. The number of carbonyl (C=O) groups excluding carboxylic acids is 1. The number of ether oxygens (including phenoxy) is 1. The number of benzene rings is 2. The quantitative estimate of drug-likeness (QED) is 0.419. The van der Waals surface area contributed by atoms with Gasteiger partial charge in [0.1, 0.15) is 36.4 Å². The van der Waals surface area contributed by atoms with Crippen LogP contribution in [-0.2, 0) is 0 Å². The fraction of sp³-hybridized carbons (Fsp3) is 0.375. The Labute approximate surface area is 189 Å². The van der Waals surface area contributed by atoms with Crippen molar-refractivity contribution in [3.63, 3.8) is 0 Å². The molecule has 0 spiro atoms. The first-order valence-electron chi connectivity index (χ1n) is 11.0. The molecule has 176 valence electrons. The third-order valence-electron chi connectivity index (χ3n) is 5.77. The number of nitrogen functional groups attached to an aromatic ring is 1. The van der Waals surface area contributed by atoms with E-state index >= 15 is 0 Å². The van der Waals surface area contributed by atoms with Gasteiger partial charge < -0.3 is 25.7 Å². The minimum absolute atomic E-state index is 0.0622. The second kappa shape index (κ2) is 9.25. The average Bonchev–Trinajstić information content (AvgIpc) is 2.99. The summed E-state index contributed by atoms with van der Waals surface area (Å²) in [7, 11) is 0. The lowest BCUT2D eigenvalue weighted by molar-refractivity contribution is 0.249. The van der Waals surface area contributed by atoms with Crippen molar-refractivity contribution in [3.05, 3.63) is 42.0 Å². The second-order valence-electron chi connectivity index (χ2n) is 8.50. The molecule has 9 heteroatoms. The molecule has 6 nitrogen and oxygen atoms in total. The first kappa shape index (κ1) is 22.8. The number of nitrogens with two attached hydrogens (primary N) is 1. The molecule has 1 aliphatic carbocycles. The summed E-state index contributed by atoms with van der Waals surface area (Å²) in [6.07, 6.45) is 2.86. The van der Waals surface area contributed by atoms with E-state index in [4.69, 9.17) is 10.5 Å². The Morgan fingerprint density at radius 3 is 2.48 bits per heavy atom. The van der Waals surface area contributed by atoms with Crippen molar-refractivity contribution in [2.75, 3.05) is 24.3 Å². The number of hydrogen-bond donors (Lipinski definition) is 3. The molecule has 2 amide bonds. The van der Waals surface area contributed by atoms with Gasteiger partial charge in [0.05, 0.1) is 16.9 Å². The van der Waals surface area contributed by atoms with Crippen molar-refractivity contribution in [3.8, 4) is 17.0 Å². The van der Waals surface area contributed by atoms with Gasteiger partial charge in [-0.25, -0.2) is 18.0 Å². The van der Waals surface area contributed by atoms with Crippen molar-refractivity contribution >= 4 is 28.3 Å². The van der Waals surface area contributed by atoms with Gasteiger partial charge in [-0.1, -0.05) is 0 Å². The van der Waals surface area contributed by atoms with Crippen LogP contribution in [0.15, 0.2) is 30.3 Å². The molecular weight excluding hydrogens is 433 g/mol. The molecular formula is C24H27F3N4O2. The summed E-state index contributed by atoms with van der Waals surface area (Å²) in [4.78, 5) is 11.9. The van der Waals surface area contributed by atoms with Crippen molar-refractivity contribution in [1.82, 2.24) is 9.88 Å². The van der Waals surface area contributed by atoms with Crippen LogP contribution in [0, 0.1) is 11.6 Å². The lowest BCUT2D eigenvalue weighted by Crippen LogP contribution is -2.34. The van der Waals surface area contributed by atoms with Gasteiger partial charge in [-0.15, -0.1) is 0 Å². The zero-order chi connectivity index (χ0) is 23.7. The molecule has 1 aromatic heterocycles. The number of hydrogen-bond acceptors (Lipinski definition) is 3. The summed E-state index contributed by atoms with van der Waals surface area (Å²) in [5, 5.41) is 5.49. The van der Waals surface area contributed by atoms with Gasteiger partial charge in [-0.3, -0.25) is 0 Å². The number of nitrogens with one attached hydrogen (secondary N) is 2. The second-order valence-corrected chi connectivity index (χ2v) is 8.50. The lowest BCUT2D eigenvalue weighted by Gasteiger charge is -2.30. The zero-order valence-electron chi connectivity index (χ0n) is 18.6. The van der Waals surface area contributed by atoms with E-state index in [1.54, 1.807) is 32.0 Å². The SMILES string of the molecule is CC(C)NC(=O)Nc1c(F)cc(-c2c(N)c3ccc(OCCF)cc3n2C2CCC2)cc1F. The molecule has 1 saturated carbocycles. The summed E-state index contributed by atoms with van der Waals surface area (Å²) in [5.74, 6) is -1.31. The first-order valence-corrected chi connectivity index (χ1v) is 11.0. The van der Waals surface area contributed by atoms with E-state index in [0.29, 0.717) is 17.1 Å². The van der Waals surface area contributed by atoms with Gasteiger partial charge in [0.25, 0.3) is 0 Å². The van der Waals surface area contributed by atoms with Crippen LogP contribution in [0.5, 0.6) is 5.75 Å². The zero-order valence-corrected chi connectivity index (χ0v) is 18.6. The Morgan fingerprint density at radius 2 is 1.91 bits per heavy atom. The molecule has 0 unspecified atom stereocenters. The van der Waals surface area contributed by atoms with Crippen LogP contribution in [0.4, 0.5) is 29.3 Å². The largest absolute Gasteiger partial charge is 0.491 e. The Kier molecular flexibility index (Phi) is 6.40. The number of carbonyl (C=O) groups is 1. The minimum atomic E-state index is -0.902. The van der Waals surface area contributed by atoms with Crippen molar-refractivity contribution < 1.29 is 22.7 Å². The van der Waals surface area contributed by atoms with Crippen molar-refractivity contribution in [1.29, 1.82) is 0 Å². The normalized spacial score (nSPS) is 13.9. The van der Waals surface area contributed by atoms with Crippen LogP contribution >= 0.6 is 0 Å². The van der Waals surface area contributed by atoms with E-state index in [1.807, 2.05) is 4.57 Å². The molecule has 4 N–H and O–H groups in total. The Balaban J connectivity index is 1.80. The smallest absolute Gasteiger partial charge is 0.319 e. The molecule has 0 aliphatic heterocycles. The third-order valence-corrected chi connectivity index (χ3v) is 5.77. The Morgan fingerprint density at radius 1 is 1.21 bits per heavy atom. The molecule has 1 heterocycles. The maximum Gasteiger partial charge on any atom is 0.319 e. The molecule has 0 bridgehead atoms. The van der Waals surface area contributed by atoms with Gasteiger partial charge >= 0.3 is 6.03 Å². The van der Waals surface area contributed by atoms with Gasteiger partial charge in [-0.05, 0) is 57.4 Å². The van der Waals surface area contributed by atoms with E-state index < -0.39 is 30.0 Å². The number of amides is 2. The highest BCUT2D eigenvalue weighted by Crippen LogP contribution is 2.45. The molecule has 1 aliphatic rings. The highest BCUT2D eigenvalue weighted by Gasteiger charge is 2.28. The molecule has 3 aromatic rings. The first-order chi connectivity index (χ1) is 15.8. The lowest BCUT2D eigenvalue weighted by atomic mass is 9.92. The van der Waals surface area contributed by atoms with E-state index in [-0.39, 0.29) is 24.3 Å². The van der Waals surface area contributed by atoms with E-state index in [1.165, 1.54) is 12.1 Å². The van der Waals surface area contributed by atoms with E-state index in [0.717, 1.165) is 30.2 Å². The van der Waals surface area contributed by atoms with Gasteiger partial charge in [0, 0.05) is 29.1 Å². The standard InChI is InChI=1S/C24H27F3N4O2/c1-13(2)29-24(32)30-22-18(26)10-14(11-19(22)27)23-21(28)17-7-6-16(33-9-8-25)12-20(17)31(23)15-4-3-5-15/h6-7,10-13,15H,3-5,8-9,28H2,1-2H3,(H2,29,30,32). The fourth-order valence-electron chi connectivity index (χ4n) is 4.12. The monoisotopic (exact) mass is 460 g/mol. The predicted octanol–water partition coefficient (Wildman–Crippen LogP) is 5.77. The summed E-state index contributed by atoms with van der Waals surface area (Å²) in [6, 6.07) is 6.84. The summed E-state index contributed by atoms with van der Waals surface area (Å²) < 4.78 is 49.8. The molecule has 2 aromatic carbocycles. The van der Waals surface area contributed by atoms with E-state index in [2.05, 4.69) is 10.6 Å². The maximum atomic E-state index is 14.9. The number of fused-ring (bicyclic) bond motifs is 1. The van der Waals surface area contributed by atoms with Crippen LogP contribution in [0.25, 0.3) is 22.2 Å². The van der Waals surface area contributed by atoms with Crippen LogP contribution in [0.2, 0.25) is 0 Å². The van der Waals surface area contributed by atoms with Crippen LogP contribution in [-0.4, -0.2) is 29.9 Å². The van der Waals surface area contributed by atoms with Crippen LogP contribution in [0.3, 0.4) is 0 Å². The Hall–Kier alpha value is -3.36. The topological polar surface area (TPSA) is 81.3 Å². The molecule has 4 rings (SSSR count). The molecule has 0 saturated heterocycles. The number of urea groups is 1. The summed E-state index contributed by atoms with van der Waals surface area (Å²) in [6.45, 7) is 2.81. The minimum Gasteiger partial charge on any atom is -0.491 e. The third kappa shape index (κ3) is 4.44. The molecule has 0 radical (unpaired) electrons. The molecule has 1 fully saturated rings. The number of rotatable bonds is 7. The maximum absolute atomic E-state index is 14.9. The highest BCUT2D eigenvalue weighted by atomic mass is 19.1. The highest BCUT2D eigenvalue weighted by molar-refractivity contribution is 6.02. The summed E-state index contributed by atoms with van der Waals surface area (Å²) >= 11 is 0. The summed E-state index contributed by atoms with van der Waals surface area (Å²) in [5.41, 5.74) is 7.88. The van der Waals surface area contributed by atoms with Gasteiger partial charge in [0.2, 0.25) is 0 Å². The van der Waals surface area contributed by atoms with Crippen LogP contribution < -0.4 is 21.1 Å². The fourth-order valence-corrected chi connectivity index (χ4v) is 4.12. The number of nitrogens with zero attached hydrogens (tertiary/aromatic N) is 1. The number of anilines is 2. The average molecular weight is 461 g/mol. The van der Waals surface area contributed by atoms with Gasteiger partial charge in [0.15, 0.2) is 0 Å². The van der Waals surface area contributed by atoms with Gasteiger partial charge in [-0.2, -0.15) is 0 Å². The number of halogens is 3.